The van der Waals surface area contributed by atoms with Gasteiger partial charge in [-0.25, -0.2) is 4.90 Å². The van der Waals surface area contributed by atoms with Gasteiger partial charge in [0.05, 0.1) is 22.5 Å². The second-order valence-electron chi connectivity index (χ2n) is 6.76. The molecule has 0 unspecified atom stereocenters. The molecule has 0 radical (unpaired) electrons. The van der Waals surface area contributed by atoms with Crippen molar-refractivity contribution in [1.29, 1.82) is 0 Å². The van der Waals surface area contributed by atoms with Gasteiger partial charge in [-0.15, -0.1) is 0 Å². The number of allylic oxidation sites excluding steroid dienone is 2. The number of hydrogen-bond donors (Lipinski definition) is 0. The van der Waals surface area contributed by atoms with Crippen molar-refractivity contribution in [1.82, 2.24) is 0 Å². The smallest absolute Gasteiger partial charge is 0.238 e. The monoisotopic (exact) mass is 333 g/mol. The molecule has 5 heteroatoms. The normalized spacial score (nSPS) is 40.9. The second-order valence-corrected chi connectivity index (χ2v) is 7.61. The van der Waals surface area contributed by atoms with Gasteiger partial charge in [0.25, 0.3) is 0 Å². The lowest BCUT2D eigenvalue weighted by Crippen LogP contribution is -2.40. The number of hydrogen-bond acceptors (Lipinski definition) is 2. The van der Waals surface area contributed by atoms with Gasteiger partial charge >= 0.3 is 0 Å². The number of benzene rings is 1. The van der Waals surface area contributed by atoms with Gasteiger partial charge in [-0.3, -0.25) is 9.59 Å². The molecular formula is C17H13Cl2NO2. The molecule has 2 bridgehead atoms. The van der Waals surface area contributed by atoms with Crippen LogP contribution < -0.4 is 4.90 Å². The summed E-state index contributed by atoms with van der Waals surface area (Å²) in [6.45, 7) is 0. The van der Waals surface area contributed by atoms with Crippen LogP contribution in [0.25, 0.3) is 0 Å². The maximum Gasteiger partial charge on any atom is 0.238 e. The molecule has 6 rings (SSSR count). The largest absolute Gasteiger partial charge is 0.274 e. The number of carbonyl (C=O) groups is 2. The van der Waals surface area contributed by atoms with Crippen LogP contribution in [0.15, 0.2) is 30.4 Å². The van der Waals surface area contributed by atoms with Crippen molar-refractivity contribution in [2.75, 3.05) is 4.90 Å². The third-order valence-corrected chi connectivity index (χ3v) is 6.35. The lowest BCUT2D eigenvalue weighted by atomic mass is 9.63. The zero-order valence-electron chi connectivity index (χ0n) is 11.6. The molecular weight excluding hydrogens is 321 g/mol. The maximum atomic E-state index is 12.9. The third-order valence-electron chi connectivity index (χ3n) is 5.81. The molecule has 1 aromatic carbocycles. The van der Waals surface area contributed by atoms with E-state index in [2.05, 4.69) is 12.2 Å². The number of halogens is 2. The minimum Gasteiger partial charge on any atom is -0.274 e. The van der Waals surface area contributed by atoms with Crippen molar-refractivity contribution in [2.24, 2.45) is 35.5 Å². The number of amides is 2. The Hall–Kier alpha value is -1.32. The van der Waals surface area contributed by atoms with Gasteiger partial charge < -0.3 is 0 Å². The van der Waals surface area contributed by atoms with Crippen LogP contribution in [-0.2, 0) is 9.59 Å². The molecule has 112 valence electrons. The van der Waals surface area contributed by atoms with E-state index in [0.29, 0.717) is 27.6 Å². The molecule has 2 saturated carbocycles. The summed E-state index contributed by atoms with van der Waals surface area (Å²) in [7, 11) is 0. The second kappa shape index (κ2) is 4.15. The lowest BCUT2D eigenvalue weighted by molar-refractivity contribution is -0.124. The average Bonchev–Trinajstić information content (AvgIpc) is 3.26. The van der Waals surface area contributed by atoms with E-state index in [1.807, 2.05) is 0 Å². The first-order valence-electron chi connectivity index (χ1n) is 7.59. The first-order chi connectivity index (χ1) is 10.6. The van der Waals surface area contributed by atoms with Crippen LogP contribution in [0.5, 0.6) is 0 Å². The molecule has 4 aliphatic carbocycles. The van der Waals surface area contributed by atoms with Crippen molar-refractivity contribution < 1.29 is 9.59 Å². The predicted molar refractivity (Wildman–Crippen MR) is 83.7 cm³/mol. The van der Waals surface area contributed by atoms with Crippen LogP contribution in [0, 0.1) is 35.5 Å². The number of carbonyl (C=O) groups excluding carboxylic acids is 2. The molecule has 0 spiro atoms. The number of rotatable bonds is 1. The van der Waals surface area contributed by atoms with Gasteiger partial charge in [0.1, 0.15) is 0 Å². The Morgan fingerprint density at radius 2 is 1.55 bits per heavy atom. The highest BCUT2D eigenvalue weighted by molar-refractivity contribution is 6.38. The molecule has 6 atom stereocenters. The fourth-order valence-electron chi connectivity index (χ4n) is 4.86. The summed E-state index contributed by atoms with van der Waals surface area (Å²) in [4.78, 5) is 27.1. The first-order valence-corrected chi connectivity index (χ1v) is 8.34. The number of imide groups is 1. The Kier molecular flexibility index (Phi) is 2.48. The topological polar surface area (TPSA) is 37.4 Å². The van der Waals surface area contributed by atoms with Crippen LogP contribution in [0.2, 0.25) is 10.0 Å². The molecule has 2 amide bonds. The number of anilines is 1. The molecule has 5 aliphatic rings. The summed E-state index contributed by atoms with van der Waals surface area (Å²) in [6.07, 6.45) is 5.49. The van der Waals surface area contributed by atoms with E-state index in [4.69, 9.17) is 23.2 Å². The molecule has 0 aromatic heterocycles. The quantitative estimate of drug-likeness (QED) is 0.582. The third kappa shape index (κ3) is 1.49. The van der Waals surface area contributed by atoms with Crippen LogP contribution in [0.1, 0.15) is 6.42 Å². The Labute approximate surface area is 137 Å². The summed E-state index contributed by atoms with van der Waals surface area (Å²) >= 11 is 12.1. The zero-order chi connectivity index (χ0) is 15.2. The lowest BCUT2D eigenvalue weighted by Gasteiger charge is -2.37. The summed E-state index contributed by atoms with van der Waals surface area (Å²) in [5.41, 5.74) is 0.462. The average molecular weight is 334 g/mol. The molecule has 3 nitrogen and oxygen atoms in total. The summed E-state index contributed by atoms with van der Waals surface area (Å²) in [5.74, 6) is 1.09. The Balaban J connectivity index is 1.60. The van der Waals surface area contributed by atoms with Gasteiger partial charge in [-0.2, -0.15) is 0 Å². The van der Waals surface area contributed by atoms with Crippen molar-refractivity contribution in [3.8, 4) is 0 Å². The van der Waals surface area contributed by atoms with Gasteiger partial charge in [0.2, 0.25) is 11.8 Å². The SMILES string of the molecule is O=C1[C@@H]2[C@H]3C=C[C@@H]([C@@H]4C[C@@H]34)[C@@H]2C(=O)N1c1ccc(Cl)cc1Cl. The van der Waals surface area contributed by atoms with Crippen molar-refractivity contribution >= 4 is 40.7 Å². The van der Waals surface area contributed by atoms with E-state index in [-0.39, 0.29) is 35.5 Å². The summed E-state index contributed by atoms with van der Waals surface area (Å²) < 4.78 is 0. The van der Waals surface area contributed by atoms with Crippen LogP contribution >= 0.6 is 23.2 Å². The van der Waals surface area contributed by atoms with Crippen molar-refractivity contribution in [2.45, 2.75) is 6.42 Å². The summed E-state index contributed by atoms with van der Waals surface area (Å²) in [6, 6.07) is 4.90. The van der Waals surface area contributed by atoms with Crippen LogP contribution in [0.4, 0.5) is 5.69 Å². The highest BCUT2D eigenvalue weighted by Crippen LogP contribution is 2.65. The molecule has 0 N–H and O–H groups in total. The van der Waals surface area contributed by atoms with E-state index in [1.165, 1.54) is 4.90 Å². The molecule has 1 heterocycles. The molecule has 22 heavy (non-hydrogen) atoms. The van der Waals surface area contributed by atoms with Gasteiger partial charge in [-0.1, -0.05) is 35.4 Å². The summed E-state index contributed by atoms with van der Waals surface area (Å²) in [5, 5.41) is 0.839. The predicted octanol–water partition coefficient (Wildman–Crippen LogP) is 3.55. The van der Waals surface area contributed by atoms with Crippen molar-refractivity contribution in [3.05, 3.63) is 40.4 Å². The van der Waals surface area contributed by atoms with Crippen LogP contribution in [-0.4, -0.2) is 11.8 Å². The Bertz CT molecular complexity index is 723. The van der Waals surface area contributed by atoms with E-state index in [0.717, 1.165) is 6.42 Å². The molecule has 1 aliphatic heterocycles. The van der Waals surface area contributed by atoms with E-state index in [9.17, 15) is 9.59 Å². The van der Waals surface area contributed by atoms with Gasteiger partial charge in [0, 0.05) is 5.02 Å². The first kappa shape index (κ1) is 13.1. The highest BCUT2D eigenvalue weighted by atomic mass is 35.5. The highest BCUT2D eigenvalue weighted by Gasteiger charge is 2.67. The molecule has 3 fully saturated rings. The maximum absolute atomic E-state index is 12.9. The Morgan fingerprint density at radius 3 is 2.09 bits per heavy atom. The number of nitrogens with zero attached hydrogens (tertiary/aromatic N) is 1. The zero-order valence-corrected chi connectivity index (χ0v) is 13.1. The fraction of sp³-hybridized carbons (Fsp3) is 0.412. The van der Waals surface area contributed by atoms with Gasteiger partial charge in [-0.05, 0) is 48.3 Å². The van der Waals surface area contributed by atoms with E-state index < -0.39 is 0 Å². The minimum atomic E-state index is -0.196. The van der Waals surface area contributed by atoms with Crippen molar-refractivity contribution in [3.63, 3.8) is 0 Å². The fourth-order valence-corrected chi connectivity index (χ4v) is 5.35. The van der Waals surface area contributed by atoms with Crippen LogP contribution in [0.3, 0.4) is 0 Å². The Morgan fingerprint density at radius 1 is 0.955 bits per heavy atom. The van der Waals surface area contributed by atoms with Gasteiger partial charge in [0.15, 0.2) is 0 Å². The minimum absolute atomic E-state index is 0.0936. The molecule has 1 aromatic rings. The standard InChI is InChI=1S/C17H13Cl2NO2/c18-7-1-4-13(12(19)5-7)20-16(21)14-8-2-3-9(11-6-10(8)11)15(14)17(20)22/h1-5,8-11,14-15H,6H2/t8-,9-,10-,11-,14-,15+/m0/s1. The van der Waals surface area contributed by atoms with E-state index >= 15 is 0 Å². The molecule has 1 saturated heterocycles. The van der Waals surface area contributed by atoms with E-state index in [1.54, 1.807) is 18.2 Å².